The van der Waals surface area contributed by atoms with Gasteiger partial charge in [0.1, 0.15) is 11.6 Å². The van der Waals surface area contributed by atoms with Crippen molar-refractivity contribution in [2.45, 2.75) is 19.3 Å². The number of nitrogen functional groups attached to an aromatic ring is 1. The molecule has 0 fully saturated rings. The summed E-state index contributed by atoms with van der Waals surface area (Å²) in [6, 6.07) is 4.91. The largest absolute Gasteiger partial charge is 0.506 e. The molecule has 4 nitrogen and oxygen atoms in total. The average Bonchev–Trinajstić information content (AvgIpc) is 2.81. The monoisotopic (exact) mass is 261 g/mol. The van der Waals surface area contributed by atoms with E-state index in [-0.39, 0.29) is 10.8 Å². The highest BCUT2D eigenvalue weighted by Gasteiger charge is 2.18. The van der Waals surface area contributed by atoms with E-state index in [1.165, 1.54) is 6.07 Å². The summed E-state index contributed by atoms with van der Waals surface area (Å²) in [4.78, 5) is 8.84. The standard InChI is InChI=1S/C13H12ClN3O/c14-9-6-7(4-5-11(9)18)13-16-10-3-1-2-8(10)12(15)17-13/h4-6,18H,1-3H2,(H2,15,16,17). The molecule has 5 heteroatoms. The van der Waals surface area contributed by atoms with Gasteiger partial charge in [-0.25, -0.2) is 9.97 Å². The Morgan fingerprint density at radius 2 is 2.06 bits per heavy atom. The Bertz CT molecular complexity index is 628. The van der Waals surface area contributed by atoms with Gasteiger partial charge >= 0.3 is 0 Å². The van der Waals surface area contributed by atoms with E-state index in [0.717, 1.165) is 36.1 Å². The highest BCUT2D eigenvalue weighted by atomic mass is 35.5. The van der Waals surface area contributed by atoms with Crippen molar-refractivity contribution in [2.75, 3.05) is 5.73 Å². The average molecular weight is 262 g/mol. The van der Waals surface area contributed by atoms with Gasteiger partial charge in [0, 0.05) is 16.8 Å². The minimum atomic E-state index is 0.0505. The lowest BCUT2D eigenvalue weighted by Gasteiger charge is -2.07. The van der Waals surface area contributed by atoms with E-state index in [0.29, 0.717) is 11.6 Å². The fraction of sp³-hybridized carbons (Fsp3) is 0.231. The third-order valence-electron chi connectivity index (χ3n) is 3.17. The van der Waals surface area contributed by atoms with Crippen LogP contribution in [0.4, 0.5) is 5.82 Å². The zero-order chi connectivity index (χ0) is 12.7. The van der Waals surface area contributed by atoms with Gasteiger partial charge in [0.15, 0.2) is 5.82 Å². The first-order valence-electron chi connectivity index (χ1n) is 5.79. The maximum atomic E-state index is 9.40. The summed E-state index contributed by atoms with van der Waals surface area (Å²) in [5, 5.41) is 9.69. The highest BCUT2D eigenvalue weighted by Crippen LogP contribution is 2.31. The van der Waals surface area contributed by atoms with Gasteiger partial charge in [-0.05, 0) is 37.5 Å². The Kier molecular flexibility index (Phi) is 2.59. The number of fused-ring (bicyclic) bond motifs is 1. The smallest absolute Gasteiger partial charge is 0.161 e. The van der Waals surface area contributed by atoms with Crippen molar-refractivity contribution in [3.05, 3.63) is 34.5 Å². The van der Waals surface area contributed by atoms with Crippen LogP contribution in [-0.2, 0) is 12.8 Å². The number of hydrogen-bond donors (Lipinski definition) is 2. The fourth-order valence-corrected chi connectivity index (χ4v) is 2.42. The molecule has 0 saturated carbocycles. The number of phenols is 1. The second-order valence-corrected chi connectivity index (χ2v) is 4.78. The summed E-state index contributed by atoms with van der Waals surface area (Å²) >= 11 is 5.88. The SMILES string of the molecule is Nc1nc(-c2ccc(O)c(Cl)c2)nc2c1CCC2. The molecule has 0 unspecified atom stereocenters. The van der Waals surface area contributed by atoms with Gasteiger partial charge in [-0.1, -0.05) is 11.6 Å². The van der Waals surface area contributed by atoms with E-state index in [1.807, 2.05) is 0 Å². The normalized spacial score (nSPS) is 13.6. The molecule has 0 spiro atoms. The van der Waals surface area contributed by atoms with Crippen molar-refractivity contribution in [3.8, 4) is 17.1 Å². The van der Waals surface area contributed by atoms with Gasteiger partial charge in [-0.3, -0.25) is 0 Å². The quantitative estimate of drug-likeness (QED) is 0.828. The Hall–Kier alpha value is -1.81. The van der Waals surface area contributed by atoms with Crippen LogP contribution in [0.3, 0.4) is 0 Å². The van der Waals surface area contributed by atoms with E-state index in [4.69, 9.17) is 17.3 Å². The Morgan fingerprint density at radius 1 is 1.22 bits per heavy atom. The third kappa shape index (κ3) is 1.78. The summed E-state index contributed by atoms with van der Waals surface area (Å²) in [6.45, 7) is 0. The molecule has 0 radical (unpaired) electrons. The Labute approximate surface area is 109 Å². The first kappa shape index (κ1) is 11.3. The zero-order valence-corrected chi connectivity index (χ0v) is 10.4. The molecule has 92 valence electrons. The van der Waals surface area contributed by atoms with Gasteiger partial charge < -0.3 is 10.8 Å². The third-order valence-corrected chi connectivity index (χ3v) is 3.47. The van der Waals surface area contributed by atoms with Crippen LogP contribution in [0.15, 0.2) is 18.2 Å². The molecule has 1 aromatic heterocycles. The number of aryl methyl sites for hydroxylation is 1. The molecular formula is C13H12ClN3O. The topological polar surface area (TPSA) is 72.0 Å². The minimum Gasteiger partial charge on any atom is -0.506 e. The molecule has 0 saturated heterocycles. The van der Waals surface area contributed by atoms with Gasteiger partial charge in [-0.2, -0.15) is 0 Å². The van der Waals surface area contributed by atoms with Crippen LogP contribution >= 0.6 is 11.6 Å². The lowest BCUT2D eigenvalue weighted by molar-refractivity contribution is 0.475. The van der Waals surface area contributed by atoms with Crippen LogP contribution in [0.2, 0.25) is 5.02 Å². The first-order chi connectivity index (χ1) is 8.65. The molecule has 0 atom stereocenters. The number of nitrogens with zero attached hydrogens (tertiary/aromatic N) is 2. The second-order valence-electron chi connectivity index (χ2n) is 4.38. The lowest BCUT2D eigenvalue weighted by atomic mass is 10.2. The summed E-state index contributed by atoms with van der Waals surface area (Å²) in [6.07, 6.45) is 2.98. The minimum absolute atomic E-state index is 0.0505. The van der Waals surface area contributed by atoms with Crippen molar-refractivity contribution in [1.29, 1.82) is 0 Å². The number of anilines is 1. The van der Waals surface area contributed by atoms with Gasteiger partial charge in [0.2, 0.25) is 0 Å². The van der Waals surface area contributed by atoms with Crippen LogP contribution in [-0.4, -0.2) is 15.1 Å². The highest BCUT2D eigenvalue weighted by molar-refractivity contribution is 6.32. The van der Waals surface area contributed by atoms with Crippen molar-refractivity contribution in [2.24, 2.45) is 0 Å². The second kappa shape index (κ2) is 4.14. The number of hydrogen-bond acceptors (Lipinski definition) is 4. The van der Waals surface area contributed by atoms with Crippen molar-refractivity contribution < 1.29 is 5.11 Å². The maximum Gasteiger partial charge on any atom is 0.161 e. The molecule has 0 aliphatic heterocycles. The number of nitrogens with two attached hydrogens (primary N) is 1. The number of phenolic OH excluding ortho intramolecular Hbond substituents is 1. The molecule has 1 aromatic carbocycles. The molecular weight excluding hydrogens is 250 g/mol. The molecule has 2 aromatic rings. The summed E-state index contributed by atoms with van der Waals surface area (Å²) in [5.74, 6) is 1.17. The summed E-state index contributed by atoms with van der Waals surface area (Å²) < 4.78 is 0. The maximum absolute atomic E-state index is 9.40. The number of rotatable bonds is 1. The van der Waals surface area contributed by atoms with Crippen LogP contribution in [0, 0.1) is 0 Å². The van der Waals surface area contributed by atoms with E-state index in [9.17, 15) is 5.11 Å². The van der Waals surface area contributed by atoms with Crippen LogP contribution < -0.4 is 5.73 Å². The van der Waals surface area contributed by atoms with Gasteiger partial charge in [-0.15, -0.1) is 0 Å². The molecule has 0 bridgehead atoms. The van der Waals surface area contributed by atoms with Crippen molar-refractivity contribution in [3.63, 3.8) is 0 Å². The predicted molar refractivity (Wildman–Crippen MR) is 70.6 cm³/mol. The molecule has 1 aliphatic rings. The van der Waals surface area contributed by atoms with Crippen molar-refractivity contribution >= 4 is 17.4 Å². The van der Waals surface area contributed by atoms with E-state index < -0.39 is 0 Å². The fourth-order valence-electron chi connectivity index (χ4n) is 2.24. The Balaban J connectivity index is 2.12. The molecule has 0 amide bonds. The van der Waals surface area contributed by atoms with Crippen LogP contribution in [0.25, 0.3) is 11.4 Å². The molecule has 18 heavy (non-hydrogen) atoms. The summed E-state index contributed by atoms with van der Waals surface area (Å²) in [5.41, 5.74) is 8.81. The zero-order valence-electron chi connectivity index (χ0n) is 9.65. The number of aromatic nitrogens is 2. The molecule has 3 rings (SSSR count). The van der Waals surface area contributed by atoms with Crippen LogP contribution in [0.1, 0.15) is 17.7 Å². The number of benzene rings is 1. The van der Waals surface area contributed by atoms with E-state index in [2.05, 4.69) is 9.97 Å². The van der Waals surface area contributed by atoms with Gasteiger partial charge in [0.05, 0.1) is 5.02 Å². The Morgan fingerprint density at radius 3 is 2.83 bits per heavy atom. The summed E-state index contributed by atoms with van der Waals surface area (Å²) in [7, 11) is 0. The van der Waals surface area contributed by atoms with E-state index in [1.54, 1.807) is 12.1 Å². The first-order valence-corrected chi connectivity index (χ1v) is 6.17. The number of aromatic hydroxyl groups is 1. The molecule has 1 aliphatic carbocycles. The van der Waals surface area contributed by atoms with E-state index >= 15 is 0 Å². The van der Waals surface area contributed by atoms with Crippen molar-refractivity contribution in [1.82, 2.24) is 9.97 Å². The van der Waals surface area contributed by atoms with Crippen LogP contribution in [0.5, 0.6) is 5.75 Å². The lowest BCUT2D eigenvalue weighted by Crippen LogP contribution is -2.02. The molecule has 3 N–H and O–H groups in total. The number of halogens is 1. The molecule has 1 heterocycles. The van der Waals surface area contributed by atoms with Gasteiger partial charge in [0.25, 0.3) is 0 Å². The predicted octanol–water partition coefficient (Wildman–Crippen LogP) is 2.57.